The number of rotatable bonds is 2. The highest BCUT2D eigenvalue weighted by atomic mass is 35.5. The van der Waals surface area contributed by atoms with Crippen molar-refractivity contribution >= 4 is 11.6 Å². The van der Waals surface area contributed by atoms with Crippen LogP contribution in [0.3, 0.4) is 0 Å². The van der Waals surface area contributed by atoms with Crippen LogP contribution in [0.5, 0.6) is 0 Å². The summed E-state index contributed by atoms with van der Waals surface area (Å²) in [6, 6.07) is 1.82. The molecule has 0 radical (unpaired) electrons. The van der Waals surface area contributed by atoms with Crippen molar-refractivity contribution in [3.63, 3.8) is 0 Å². The van der Waals surface area contributed by atoms with Crippen molar-refractivity contribution in [2.45, 2.75) is 43.4 Å². The van der Waals surface area contributed by atoms with Gasteiger partial charge in [0, 0.05) is 24.2 Å². The van der Waals surface area contributed by atoms with Crippen LogP contribution in [0.25, 0.3) is 0 Å². The zero-order chi connectivity index (χ0) is 13.0. The highest BCUT2D eigenvalue weighted by molar-refractivity contribution is 6.30. The van der Waals surface area contributed by atoms with Crippen LogP contribution in [0.1, 0.15) is 36.1 Å². The standard InChI is InChI=1S/C13H15ClF2N2/c14-11-9(12(7-17)6-13(12,15)16)5-8-3-1-2-4-10(8)18-11/h5H,1-4,6-7,17H2. The normalized spacial score (nSPS) is 28.9. The van der Waals surface area contributed by atoms with Crippen LogP contribution in [0, 0.1) is 0 Å². The third-order valence-electron chi connectivity index (χ3n) is 4.22. The third-order valence-corrected chi connectivity index (χ3v) is 4.51. The van der Waals surface area contributed by atoms with E-state index in [9.17, 15) is 8.78 Å². The highest BCUT2D eigenvalue weighted by Crippen LogP contribution is 2.62. The molecule has 0 aromatic carbocycles. The third kappa shape index (κ3) is 1.58. The molecule has 3 rings (SSSR count). The van der Waals surface area contributed by atoms with E-state index >= 15 is 0 Å². The minimum atomic E-state index is -2.74. The van der Waals surface area contributed by atoms with Gasteiger partial charge in [0.2, 0.25) is 0 Å². The van der Waals surface area contributed by atoms with Crippen molar-refractivity contribution < 1.29 is 8.78 Å². The van der Waals surface area contributed by atoms with Crippen LogP contribution in [0.2, 0.25) is 5.15 Å². The SMILES string of the molecule is NCC1(c2cc3c(nc2Cl)CCCC3)CC1(F)F. The maximum absolute atomic E-state index is 13.6. The lowest BCUT2D eigenvalue weighted by atomic mass is 9.90. The zero-order valence-electron chi connectivity index (χ0n) is 9.98. The van der Waals surface area contributed by atoms with Crippen LogP contribution >= 0.6 is 11.6 Å². The summed E-state index contributed by atoms with van der Waals surface area (Å²) in [6.45, 7) is -0.0831. The molecule has 1 fully saturated rings. The smallest absolute Gasteiger partial charge is 0.260 e. The number of aromatic nitrogens is 1. The topological polar surface area (TPSA) is 38.9 Å². The highest BCUT2D eigenvalue weighted by Gasteiger charge is 2.71. The Balaban J connectivity index is 2.08. The lowest BCUT2D eigenvalue weighted by Crippen LogP contribution is -2.28. The fourth-order valence-corrected chi connectivity index (χ4v) is 3.24. The van der Waals surface area contributed by atoms with E-state index in [1.165, 1.54) is 0 Å². The lowest BCUT2D eigenvalue weighted by molar-refractivity contribution is 0.0895. The van der Waals surface area contributed by atoms with Crippen LogP contribution in [0.4, 0.5) is 8.78 Å². The molecule has 1 aromatic rings. The first-order chi connectivity index (χ1) is 8.50. The van der Waals surface area contributed by atoms with E-state index in [1.54, 1.807) is 0 Å². The summed E-state index contributed by atoms with van der Waals surface area (Å²) >= 11 is 6.09. The van der Waals surface area contributed by atoms with Gasteiger partial charge in [0.25, 0.3) is 5.92 Å². The molecule has 2 aliphatic carbocycles. The molecular formula is C13H15ClF2N2. The number of nitrogens with zero attached hydrogens (tertiary/aromatic N) is 1. The molecule has 2 aliphatic rings. The maximum atomic E-state index is 13.6. The minimum Gasteiger partial charge on any atom is -0.329 e. The van der Waals surface area contributed by atoms with Gasteiger partial charge in [-0.05, 0) is 31.2 Å². The Hall–Kier alpha value is -0.740. The summed E-state index contributed by atoms with van der Waals surface area (Å²) in [6.07, 6.45) is 3.76. The number of alkyl halides is 2. The van der Waals surface area contributed by atoms with Crippen molar-refractivity contribution in [1.82, 2.24) is 4.98 Å². The molecule has 0 aliphatic heterocycles. The number of hydrogen-bond donors (Lipinski definition) is 1. The van der Waals surface area contributed by atoms with Gasteiger partial charge in [0.1, 0.15) is 5.15 Å². The van der Waals surface area contributed by atoms with Crippen LogP contribution in [-0.2, 0) is 18.3 Å². The Morgan fingerprint density at radius 1 is 1.33 bits per heavy atom. The van der Waals surface area contributed by atoms with Crippen molar-refractivity contribution in [3.05, 3.63) is 28.0 Å². The van der Waals surface area contributed by atoms with Gasteiger partial charge in [-0.3, -0.25) is 0 Å². The van der Waals surface area contributed by atoms with Gasteiger partial charge in [0.05, 0.1) is 5.41 Å². The van der Waals surface area contributed by atoms with Gasteiger partial charge < -0.3 is 5.73 Å². The van der Waals surface area contributed by atoms with E-state index in [1.807, 2.05) is 6.07 Å². The number of pyridine rings is 1. The van der Waals surface area contributed by atoms with Gasteiger partial charge in [-0.2, -0.15) is 0 Å². The largest absolute Gasteiger partial charge is 0.329 e. The summed E-state index contributed by atoms with van der Waals surface area (Å²) in [5.74, 6) is -2.74. The number of halogens is 3. The predicted octanol–water partition coefficient (Wildman–Crippen LogP) is 2.85. The predicted molar refractivity (Wildman–Crippen MR) is 66.2 cm³/mol. The van der Waals surface area contributed by atoms with Crippen LogP contribution < -0.4 is 5.73 Å². The molecule has 0 amide bonds. The summed E-state index contributed by atoms with van der Waals surface area (Å²) in [5.41, 5.74) is 6.75. The van der Waals surface area contributed by atoms with E-state index < -0.39 is 11.3 Å². The van der Waals surface area contributed by atoms with E-state index in [0.29, 0.717) is 5.56 Å². The van der Waals surface area contributed by atoms with E-state index in [2.05, 4.69) is 4.98 Å². The summed E-state index contributed by atoms with van der Waals surface area (Å²) in [4.78, 5) is 4.31. The van der Waals surface area contributed by atoms with E-state index in [0.717, 1.165) is 36.9 Å². The number of fused-ring (bicyclic) bond motifs is 1. The molecule has 0 bridgehead atoms. The Morgan fingerprint density at radius 2 is 2.00 bits per heavy atom. The Morgan fingerprint density at radius 3 is 2.61 bits per heavy atom. The van der Waals surface area contributed by atoms with Gasteiger partial charge in [0.15, 0.2) is 0 Å². The summed E-state index contributed by atoms with van der Waals surface area (Å²) in [5, 5.41) is 0.207. The van der Waals surface area contributed by atoms with Gasteiger partial charge in [-0.15, -0.1) is 0 Å². The molecule has 18 heavy (non-hydrogen) atoms. The molecule has 2 N–H and O–H groups in total. The minimum absolute atomic E-state index is 0.0831. The molecule has 1 aromatic heterocycles. The first kappa shape index (κ1) is 12.3. The Bertz CT molecular complexity index is 504. The fraction of sp³-hybridized carbons (Fsp3) is 0.615. The second-order valence-electron chi connectivity index (χ2n) is 5.31. The number of nitrogens with two attached hydrogens (primary N) is 1. The quantitative estimate of drug-likeness (QED) is 0.841. The average molecular weight is 273 g/mol. The number of aryl methyl sites for hydroxylation is 2. The van der Waals surface area contributed by atoms with Gasteiger partial charge in [-0.25, -0.2) is 13.8 Å². The van der Waals surface area contributed by atoms with Crippen molar-refractivity contribution in [3.8, 4) is 0 Å². The Kier molecular flexibility index (Phi) is 2.65. The fourth-order valence-electron chi connectivity index (χ4n) is 2.90. The molecule has 1 atom stereocenters. The molecular weight excluding hydrogens is 258 g/mol. The van der Waals surface area contributed by atoms with E-state index in [-0.39, 0.29) is 18.1 Å². The summed E-state index contributed by atoms with van der Waals surface area (Å²) < 4.78 is 27.2. The zero-order valence-corrected chi connectivity index (χ0v) is 10.7. The molecule has 1 saturated carbocycles. The van der Waals surface area contributed by atoms with Gasteiger partial charge in [-0.1, -0.05) is 17.7 Å². The monoisotopic (exact) mass is 272 g/mol. The Labute approximate surface area is 110 Å². The molecule has 0 saturated heterocycles. The van der Waals surface area contributed by atoms with Crippen LogP contribution in [0.15, 0.2) is 6.07 Å². The second-order valence-corrected chi connectivity index (χ2v) is 5.67. The lowest BCUT2D eigenvalue weighted by Gasteiger charge is -2.21. The second kappa shape index (κ2) is 3.87. The maximum Gasteiger partial charge on any atom is 0.260 e. The molecule has 2 nitrogen and oxygen atoms in total. The molecule has 1 unspecified atom stereocenters. The first-order valence-electron chi connectivity index (χ1n) is 6.27. The van der Waals surface area contributed by atoms with Gasteiger partial charge >= 0.3 is 0 Å². The van der Waals surface area contributed by atoms with Crippen molar-refractivity contribution in [1.29, 1.82) is 0 Å². The van der Waals surface area contributed by atoms with Crippen LogP contribution in [-0.4, -0.2) is 17.5 Å². The average Bonchev–Trinajstić information content (AvgIpc) is 2.92. The molecule has 5 heteroatoms. The first-order valence-corrected chi connectivity index (χ1v) is 6.65. The van der Waals surface area contributed by atoms with Crippen molar-refractivity contribution in [2.75, 3.05) is 6.54 Å². The summed E-state index contributed by atoms with van der Waals surface area (Å²) in [7, 11) is 0. The van der Waals surface area contributed by atoms with E-state index in [4.69, 9.17) is 17.3 Å². The molecule has 98 valence electrons. The molecule has 1 heterocycles. The van der Waals surface area contributed by atoms with Crippen molar-refractivity contribution in [2.24, 2.45) is 5.73 Å². The number of hydrogen-bond acceptors (Lipinski definition) is 2. The molecule has 0 spiro atoms.